The van der Waals surface area contributed by atoms with Crippen molar-refractivity contribution in [2.24, 2.45) is 0 Å². The van der Waals surface area contributed by atoms with E-state index < -0.39 is 0 Å². The molecule has 0 N–H and O–H groups in total. The normalized spacial score (nSPS) is 12.5. The molecule has 0 amide bonds. The third kappa shape index (κ3) is 6.36. The molecular weight excluding hydrogens is 689 g/mol. The Morgan fingerprint density at radius 1 is 0.298 bits per heavy atom. The van der Waals surface area contributed by atoms with Gasteiger partial charge in [0.25, 0.3) is 0 Å². The van der Waals surface area contributed by atoms with Crippen LogP contribution in [-0.4, -0.2) is 9.97 Å². The molecule has 0 saturated heterocycles. The molecule has 9 aromatic rings. The second kappa shape index (κ2) is 14.2. The Bertz CT molecular complexity index is 2770. The molecule has 10 rings (SSSR count). The summed E-state index contributed by atoms with van der Waals surface area (Å²) in [7, 11) is 0. The number of nitrogens with zero attached hydrogens (tertiary/aromatic N) is 2. The van der Waals surface area contributed by atoms with Gasteiger partial charge < -0.3 is 0 Å². The number of hydrogen-bond donors (Lipinski definition) is 0. The van der Waals surface area contributed by atoms with Gasteiger partial charge in [0.1, 0.15) is 0 Å². The predicted octanol–water partition coefficient (Wildman–Crippen LogP) is 14.5. The Kier molecular flexibility index (Phi) is 8.53. The fourth-order valence-electron chi connectivity index (χ4n) is 8.57. The van der Waals surface area contributed by atoms with Gasteiger partial charge in [-0.25, -0.2) is 9.97 Å². The van der Waals surface area contributed by atoms with E-state index in [0.29, 0.717) is 5.82 Å². The van der Waals surface area contributed by atoms with Crippen molar-refractivity contribution >= 4 is 0 Å². The highest BCUT2D eigenvalue weighted by atomic mass is 14.9. The largest absolute Gasteiger partial charge is 0.228 e. The molecule has 270 valence electrons. The molecule has 8 aromatic carbocycles. The number of hydrogen-bond acceptors (Lipinski definition) is 2. The summed E-state index contributed by atoms with van der Waals surface area (Å²) in [5.74, 6) is 0.700. The van der Waals surface area contributed by atoms with Crippen LogP contribution in [-0.2, 0) is 5.41 Å². The Hall–Kier alpha value is -7.16. The van der Waals surface area contributed by atoms with E-state index in [-0.39, 0.29) is 5.41 Å². The summed E-state index contributed by atoms with van der Waals surface area (Å²) in [5, 5.41) is 0. The molecule has 0 unspecified atom stereocenters. The van der Waals surface area contributed by atoms with E-state index in [1.807, 2.05) is 12.1 Å². The van der Waals surface area contributed by atoms with Gasteiger partial charge in [0.15, 0.2) is 5.82 Å². The van der Waals surface area contributed by atoms with Gasteiger partial charge in [0.05, 0.1) is 11.4 Å². The number of aromatic nitrogens is 2. The topological polar surface area (TPSA) is 25.8 Å². The van der Waals surface area contributed by atoms with E-state index in [0.717, 1.165) is 33.6 Å². The maximum atomic E-state index is 5.18. The van der Waals surface area contributed by atoms with Gasteiger partial charge in [-0.1, -0.05) is 208 Å². The van der Waals surface area contributed by atoms with Crippen molar-refractivity contribution in [3.8, 4) is 89.5 Å². The minimum atomic E-state index is -0.0801. The molecule has 0 spiro atoms. The molecule has 1 aliphatic carbocycles. The molecule has 1 aliphatic rings. The van der Waals surface area contributed by atoms with Crippen molar-refractivity contribution in [2.75, 3.05) is 0 Å². The van der Waals surface area contributed by atoms with E-state index in [9.17, 15) is 0 Å². The van der Waals surface area contributed by atoms with E-state index in [1.165, 1.54) is 61.2 Å². The predicted molar refractivity (Wildman–Crippen MR) is 238 cm³/mol. The van der Waals surface area contributed by atoms with Crippen LogP contribution >= 0.6 is 0 Å². The molecule has 0 bridgehead atoms. The Morgan fingerprint density at radius 3 is 1.30 bits per heavy atom. The minimum absolute atomic E-state index is 0.0801. The molecule has 0 radical (unpaired) electrons. The average molecular weight is 729 g/mol. The first-order chi connectivity index (χ1) is 28.0. The second-order valence-electron chi connectivity index (χ2n) is 15.4. The molecule has 0 aliphatic heterocycles. The lowest BCUT2D eigenvalue weighted by Gasteiger charge is -2.24. The van der Waals surface area contributed by atoms with Gasteiger partial charge >= 0.3 is 0 Å². The first-order valence-electron chi connectivity index (χ1n) is 19.6. The van der Waals surface area contributed by atoms with E-state index in [1.54, 1.807) is 0 Å². The van der Waals surface area contributed by atoms with Gasteiger partial charge in [-0.05, 0) is 78.9 Å². The Morgan fingerprint density at radius 2 is 0.702 bits per heavy atom. The maximum absolute atomic E-state index is 5.18. The van der Waals surface area contributed by atoms with Crippen molar-refractivity contribution in [1.29, 1.82) is 0 Å². The zero-order valence-electron chi connectivity index (χ0n) is 32.0. The van der Waals surface area contributed by atoms with Gasteiger partial charge in [0, 0.05) is 22.1 Å². The lowest BCUT2D eigenvalue weighted by Crippen LogP contribution is -2.16. The summed E-state index contributed by atoms with van der Waals surface area (Å²) in [6.45, 7) is 4.71. The highest BCUT2D eigenvalue weighted by Gasteiger charge is 2.37. The SMILES string of the molecule is CC1(C)c2ccccc2-c2cccc(-c3cccc(-c4ccc(-c5cc(-c6ccc(-c7ccccc7)cc6)nc(-c6ccc(-c7ccccc7)cc6)n5)cc4)c3)c21. The van der Waals surface area contributed by atoms with Gasteiger partial charge in [-0.3, -0.25) is 0 Å². The zero-order valence-corrected chi connectivity index (χ0v) is 32.0. The van der Waals surface area contributed by atoms with Crippen molar-refractivity contribution in [3.63, 3.8) is 0 Å². The fourth-order valence-corrected chi connectivity index (χ4v) is 8.57. The van der Waals surface area contributed by atoms with Gasteiger partial charge in [-0.15, -0.1) is 0 Å². The molecular formula is C55H40N2. The highest BCUT2D eigenvalue weighted by molar-refractivity contribution is 5.89. The summed E-state index contributed by atoms with van der Waals surface area (Å²) in [6, 6.07) is 73.7. The highest BCUT2D eigenvalue weighted by Crippen LogP contribution is 2.52. The fraction of sp³-hybridized carbons (Fsp3) is 0.0545. The molecule has 2 nitrogen and oxygen atoms in total. The van der Waals surface area contributed by atoms with Crippen LogP contribution < -0.4 is 0 Å². The van der Waals surface area contributed by atoms with Crippen LogP contribution in [0.5, 0.6) is 0 Å². The van der Waals surface area contributed by atoms with E-state index in [4.69, 9.17) is 9.97 Å². The van der Waals surface area contributed by atoms with E-state index in [2.05, 4.69) is 208 Å². The molecule has 1 heterocycles. The van der Waals surface area contributed by atoms with E-state index >= 15 is 0 Å². The third-order valence-corrected chi connectivity index (χ3v) is 11.5. The third-order valence-electron chi connectivity index (χ3n) is 11.5. The lowest BCUT2D eigenvalue weighted by molar-refractivity contribution is 0.662. The summed E-state index contributed by atoms with van der Waals surface area (Å²) < 4.78 is 0. The molecule has 0 saturated carbocycles. The summed E-state index contributed by atoms with van der Waals surface area (Å²) in [4.78, 5) is 10.3. The first kappa shape index (κ1) is 34.3. The first-order valence-corrected chi connectivity index (χ1v) is 19.6. The van der Waals surface area contributed by atoms with Crippen LogP contribution in [0.3, 0.4) is 0 Å². The average Bonchev–Trinajstić information content (AvgIpc) is 3.53. The molecule has 2 heteroatoms. The molecule has 0 atom stereocenters. The van der Waals surface area contributed by atoms with Crippen molar-refractivity contribution in [1.82, 2.24) is 9.97 Å². The summed E-state index contributed by atoms with van der Waals surface area (Å²) in [5.41, 5.74) is 19.8. The smallest absolute Gasteiger partial charge is 0.160 e. The Labute approximate surface area is 334 Å². The second-order valence-corrected chi connectivity index (χ2v) is 15.4. The molecule has 57 heavy (non-hydrogen) atoms. The van der Waals surface area contributed by atoms with Crippen LogP contribution in [0, 0.1) is 0 Å². The van der Waals surface area contributed by atoms with Gasteiger partial charge in [0.2, 0.25) is 0 Å². The number of fused-ring (bicyclic) bond motifs is 3. The van der Waals surface area contributed by atoms with Crippen molar-refractivity contribution < 1.29 is 0 Å². The van der Waals surface area contributed by atoms with Crippen LogP contribution in [0.1, 0.15) is 25.0 Å². The summed E-state index contributed by atoms with van der Waals surface area (Å²) in [6.07, 6.45) is 0. The number of rotatable bonds is 7. The quantitative estimate of drug-likeness (QED) is 0.163. The monoisotopic (exact) mass is 728 g/mol. The van der Waals surface area contributed by atoms with Crippen LogP contribution in [0.2, 0.25) is 0 Å². The zero-order chi connectivity index (χ0) is 38.3. The van der Waals surface area contributed by atoms with Crippen molar-refractivity contribution in [3.05, 3.63) is 217 Å². The molecule has 1 aromatic heterocycles. The minimum Gasteiger partial charge on any atom is -0.228 e. The lowest BCUT2D eigenvalue weighted by atomic mass is 9.78. The van der Waals surface area contributed by atoms with Crippen molar-refractivity contribution in [2.45, 2.75) is 19.3 Å². The number of benzene rings is 8. The summed E-state index contributed by atoms with van der Waals surface area (Å²) >= 11 is 0. The van der Waals surface area contributed by atoms with Gasteiger partial charge in [-0.2, -0.15) is 0 Å². The van der Waals surface area contributed by atoms with Crippen LogP contribution in [0.4, 0.5) is 0 Å². The molecule has 0 fully saturated rings. The van der Waals surface area contributed by atoms with Crippen LogP contribution in [0.15, 0.2) is 206 Å². The Balaban J connectivity index is 1.00. The maximum Gasteiger partial charge on any atom is 0.160 e. The van der Waals surface area contributed by atoms with Crippen LogP contribution in [0.25, 0.3) is 89.5 Å². The standard InChI is InChI=1S/C55H40N2/c1-55(2)50-22-10-9-19-48(50)49-21-12-20-47(53(49)55)46-18-11-17-45(35-46)41-25-31-43(32-26-41)52-36-51(42-29-23-39(24-30-42)37-13-5-3-6-14-37)56-54(57-52)44-33-27-40(28-34-44)38-15-7-4-8-16-38/h3-36H,1-2H3.